The van der Waals surface area contributed by atoms with Crippen LogP contribution in [0.4, 0.5) is 10.1 Å². The Morgan fingerprint density at radius 2 is 2.08 bits per heavy atom. The lowest BCUT2D eigenvalue weighted by Crippen LogP contribution is -2.14. The van der Waals surface area contributed by atoms with Gasteiger partial charge in [0.2, 0.25) is 5.91 Å². The van der Waals surface area contributed by atoms with Crippen LogP contribution < -0.4 is 11.1 Å². The number of aryl methyl sites for hydroxylation is 3. The van der Waals surface area contributed by atoms with Gasteiger partial charge < -0.3 is 16.0 Å². The maximum Gasteiger partial charge on any atom is 0.221 e. The first-order chi connectivity index (χ1) is 12.5. The van der Waals surface area contributed by atoms with E-state index in [4.69, 9.17) is 5.73 Å². The third kappa shape index (κ3) is 2.64. The predicted molar refractivity (Wildman–Crippen MR) is 103 cm³/mol. The fourth-order valence-corrected chi connectivity index (χ4v) is 3.93. The number of primary amides is 1. The zero-order valence-corrected chi connectivity index (χ0v) is 15.0. The molecule has 2 aromatic carbocycles. The first-order valence-electron chi connectivity index (χ1n) is 8.91. The Morgan fingerprint density at radius 3 is 2.85 bits per heavy atom. The number of hydrogen-bond acceptors (Lipinski definition) is 2. The highest BCUT2D eigenvalue weighted by atomic mass is 19.1. The van der Waals surface area contributed by atoms with Gasteiger partial charge in [0.25, 0.3) is 0 Å². The van der Waals surface area contributed by atoms with E-state index in [2.05, 4.69) is 16.4 Å². The van der Waals surface area contributed by atoms with Gasteiger partial charge in [-0.05, 0) is 67.1 Å². The predicted octanol–water partition coefficient (Wildman–Crippen LogP) is 3.98. The summed E-state index contributed by atoms with van der Waals surface area (Å²) in [4.78, 5) is 14.7. The molecule has 4 nitrogen and oxygen atoms in total. The van der Waals surface area contributed by atoms with Crippen LogP contribution in [0.15, 0.2) is 24.3 Å². The average Bonchev–Trinajstić information content (AvgIpc) is 2.90. The number of amides is 1. The van der Waals surface area contributed by atoms with Crippen molar-refractivity contribution in [1.29, 1.82) is 0 Å². The van der Waals surface area contributed by atoms with E-state index >= 15 is 4.39 Å². The SMILES string of the molecule is Cc1[nH]c2c(CC(N)=O)cc(F)c(-c3ccc4c(c3)CCCN4)c2c1C. The number of aromatic nitrogens is 1. The van der Waals surface area contributed by atoms with E-state index in [1.807, 2.05) is 26.0 Å². The van der Waals surface area contributed by atoms with Crippen LogP contribution in [0, 0.1) is 19.7 Å². The molecule has 0 saturated heterocycles. The average molecular weight is 351 g/mol. The minimum Gasteiger partial charge on any atom is -0.385 e. The number of H-pyrrole nitrogens is 1. The highest BCUT2D eigenvalue weighted by molar-refractivity contribution is 6.01. The van der Waals surface area contributed by atoms with Crippen LogP contribution >= 0.6 is 0 Å². The zero-order valence-electron chi connectivity index (χ0n) is 15.0. The molecule has 0 unspecified atom stereocenters. The van der Waals surface area contributed by atoms with Gasteiger partial charge in [0, 0.05) is 28.9 Å². The van der Waals surface area contributed by atoms with Crippen molar-refractivity contribution in [2.45, 2.75) is 33.1 Å². The fraction of sp³-hybridized carbons (Fsp3) is 0.286. The number of rotatable bonds is 3. The Kier molecular flexibility index (Phi) is 3.94. The summed E-state index contributed by atoms with van der Waals surface area (Å²) >= 11 is 0. The van der Waals surface area contributed by atoms with Gasteiger partial charge in [0.1, 0.15) is 5.82 Å². The molecule has 0 fully saturated rings. The summed E-state index contributed by atoms with van der Waals surface area (Å²) in [6, 6.07) is 7.51. The zero-order chi connectivity index (χ0) is 18.4. The largest absolute Gasteiger partial charge is 0.385 e. The monoisotopic (exact) mass is 351 g/mol. The number of halogens is 1. The lowest BCUT2D eigenvalue weighted by molar-refractivity contribution is -0.117. The van der Waals surface area contributed by atoms with Crippen LogP contribution in [0.3, 0.4) is 0 Å². The molecule has 3 aromatic rings. The molecule has 0 radical (unpaired) electrons. The van der Waals surface area contributed by atoms with Crippen molar-refractivity contribution < 1.29 is 9.18 Å². The second-order valence-corrected chi connectivity index (χ2v) is 7.06. The van der Waals surface area contributed by atoms with E-state index in [0.717, 1.165) is 52.8 Å². The van der Waals surface area contributed by atoms with Crippen LogP contribution in [0.1, 0.15) is 28.8 Å². The molecule has 1 aliphatic rings. The van der Waals surface area contributed by atoms with E-state index in [-0.39, 0.29) is 12.2 Å². The van der Waals surface area contributed by atoms with Crippen LogP contribution in [0.25, 0.3) is 22.0 Å². The van der Waals surface area contributed by atoms with Gasteiger partial charge in [-0.15, -0.1) is 0 Å². The normalized spacial score (nSPS) is 13.5. The van der Waals surface area contributed by atoms with Crippen LogP contribution in [-0.4, -0.2) is 17.4 Å². The molecule has 2 heterocycles. The third-order valence-electron chi connectivity index (χ3n) is 5.31. The lowest BCUT2D eigenvalue weighted by Gasteiger charge is -2.19. The molecule has 0 bridgehead atoms. The van der Waals surface area contributed by atoms with Gasteiger partial charge >= 0.3 is 0 Å². The minimum atomic E-state index is -0.469. The number of fused-ring (bicyclic) bond motifs is 2. The Hall–Kier alpha value is -2.82. The standard InChI is InChI=1S/C21H22FN3O/c1-11-12(2)25-21-15(10-18(23)26)9-16(22)20(19(11)21)14-5-6-17-13(8-14)4-3-7-24-17/h5-6,8-9,24-25H,3-4,7,10H2,1-2H3,(H2,23,26). The van der Waals surface area contributed by atoms with Crippen LogP contribution in [-0.2, 0) is 17.6 Å². The van der Waals surface area contributed by atoms with Gasteiger partial charge in [-0.25, -0.2) is 4.39 Å². The summed E-state index contributed by atoms with van der Waals surface area (Å²) in [7, 11) is 0. The van der Waals surface area contributed by atoms with Crippen molar-refractivity contribution in [3.8, 4) is 11.1 Å². The fourth-order valence-electron chi connectivity index (χ4n) is 3.93. The molecular formula is C21H22FN3O. The molecule has 0 spiro atoms. The van der Waals surface area contributed by atoms with Crippen molar-refractivity contribution in [2.24, 2.45) is 5.73 Å². The maximum atomic E-state index is 15.2. The van der Waals surface area contributed by atoms with E-state index < -0.39 is 5.91 Å². The quantitative estimate of drug-likeness (QED) is 0.668. The molecule has 4 rings (SSSR count). The number of aromatic amines is 1. The Bertz CT molecular complexity index is 1040. The van der Waals surface area contributed by atoms with Gasteiger partial charge in [-0.2, -0.15) is 0 Å². The molecule has 0 saturated carbocycles. The second-order valence-electron chi connectivity index (χ2n) is 7.06. The van der Waals surface area contributed by atoms with Crippen molar-refractivity contribution in [2.75, 3.05) is 11.9 Å². The van der Waals surface area contributed by atoms with Crippen molar-refractivity contribution in [3.05, 3.63) is 52.5 Å². The molecule has 0 aliphatic carbocycles. The smallest absolute Gasteiger partial charge is 0.221 e. The number of carbonyl (C=O) groups excluding carboxylic acids is 1. The molecule has 5 heteroatoms. The minimum absolute atomic E-state index is 0.0151. The first kappa shape index (κ1) is 16.6. The summed E-state index contributed by atoms with van der Waals surface area (Å²) in [5.74, 6) is -0.789. The van der Waals surface area contributed by atoms with E-state index in [9.17, 15) is 4.79 Å². The molecule has 1 amide bonds. The van der Waals surface area contributed by atoms with E-state index in [0.29, 0.717) is 11.1 Å². The summed E-state index contributed by atoms with van der Waals surface area (Å²) in [5.41, 5.74) is 12.5. The summed E-state index contributed by atoms with van der Waals surface area (Å²) in [5, 5.41) is 4.22. The molecule has 26 heavy (non-hydrogen) atoms. The van der Waals surface area contributed by atoms with Gasteiger partial charge in [-0.3, -0.25) is 4.79 Å². The first-order valence-corrected chi connectivity index (χ1v) is 8.91. The highest BCUT2D eigenvalue weighted by Gasteiger charge is 2.20. The molecule has 134 valence electrons. The molecular weight excluding hydrogens is 329 g/mol. The number of nitrogens with two attached hydrogens (primary N) is 1. The van der Waals surface area contributed by atoms with Crippen LogP contribution in [0.5, 0.6) is 0 Å². The van der Waals surface area contributed by atoms with E-state index in [1.54, 1.807) is 0 Å². The van der Waals surface area contributed by atoms with Crippen molar-refractivity contribution in [3.63, 3.8) is 0 Å². The number of hydrogen-bond donors (Lipinski definition) is 3. The summed E-state index contributed by atoms with van der Waals surface area (Å²) in [6.07, 6.45) is 2.08. The van der Waals surface area contributed by atoms with Crippen LogP contribution in [0.2, 0.25) is 0 Å². The summed E-state index contributed by atoms with van der Waals surface area (Å²) < 4.78 is 15.2. The maximum absolute atomic E-state index is 15.2. The van der Waals surface area contributed by atoms with Gasteiger partial charge in [0.15, 0.2) is 0 Å². The highest BCUT2D eigenvalue weighted by Crippen LogP contribution is 2.38. The van der Waals surface area contributed by atoms with E-state index in [1.165, 1.54) is 11.6 Å². The Morgan fingerprint density at radius 1 is 1.27 bits per heavy atom. The molecule has 4 N–H and O–H groups in total. The third-order valence-corrected chi connectivity index (χ3v) is 5.31. The van der Waals surface area contributed by atoms with Gasteiger partial charge in [0.05, 0.1) is 11.9 Å². The van der Waals surface area contributed by atoms with Gasteiger partial charge in [-0.1, -0.05) is 6.07 Å². The Labute approximate surface area is 151 Å². The van der Waals surface area contributed by atoms with Crippen molar-refractivity contribution in [1.82, 2.24) is 4.98 Å². The molecule has 1 aromatic heterocycles. The Balaban J connectivity index is 1.98. The summed E-state index contributed by atoms with van der Waals surface area (Å²) in [6.45, 7) is 4.91. The number of anilines is 1. The molecule has 0 atom stereocenters. The topological polar surface area (TPSA) is 70.9 Å². The second kappa shape index (κ2) is 6.16. The number of nitrogens with one attached hydrogen (secondary N) is 2. The molecule has 1 aliphatic heterocycles. The lowest BCUT2D eigenvalue weighted by atomic mass is 9.92. The number of benzene rings is 2. The van der Waals surface area contributed by atoms with Crippen molar-refractivity contribution >= 4 is 22.5 Å². The number of carbonyl (C=O) groups is 1.